The van der Waals surface area contributed by atoms with Gasteiger partial charge in [0.2, 0.25) is 0 Å². The van der Waals surface area contributed by atoms with E-state index in [0.717, 1.165) is 89.9 Å². The van der Waals surface area contributed by atoms with Gasteiger partial charge in [-0.25, -0.2) is 0 Å². The van der Waals surface area contributed by atoms with Crippen molar-refractivity contribution in [1.82, 2.24) is 0 Å². The van der Waals surface area contributed by atoms with Crippen LogP contribution in [0.2, 0.25) is 0 Å². The molecule has 0 aromatic heterocycles. The first kappa shape index (κ1) is 71.5. The zero-order valence-electron chi connectivity index (χ0n) is 49.1. The van der Waals surface area contributed by atoms with Crippen molar-refractivity contribution in [1.29, 1.82) is 0 Å². The Balaban J connectivity index is 4.20. The number of rotatable bonds is 56. The van der Waals surface area contributed by atoms with Gasteiger partial charge in [0.05, 0.1) is 40.3 Å². The first-order valence-corrected chi connectivity index (χ1v) is 30.7. The largest absolute Gasteiger partial charge is 0.545 e. The smallest absolute Gasteiger partial charge is 0.306 e. The maximum absolute atomic E-state index is 12.9. The molecule has 0 heterocycles. The second-order valence-corrected chi connectivity index (χ2v) is 21.6. The minimum Gasteiger partial charge on any atom is -0.545 e. The fraction of sp³-hybridized carbons (Fsp3) is 0.742. The lowest BCUT2D eigenvalue weighted by atomic mass is 10.0. The molecule has 0 aromatic rings. The summed E-state index contributed by atoms with van der Waals surface area (Å²) in [5, 5.41) is 11.8. The van der Waals surface area contributed by atoms with Crippen molar-refractivity contribution in [3.63, 3.8) is 0 Å². The molecule has 0 radical (unpaired) electrons. The second kappa shape index (κ2) is 56.7. The van der Waals surface area contributed by atoms with E-state index in [1.54, 1.807) is 0 Å². The summed E-state index contributed by atoms with van der Waals surface area (Å²) in [7, 11) is 5.91. The van der Waals surface area contributed by atoms with Gasteiger partial charge in [-0.3, -0.25) is 9.59 Å². The van der Waals surface area contributed by atoms with Gasteiger partial charge in [0, 0.05) is 12.8 Å². The van der Waals surface area contributed by atoms with Crippen LogP contribution in [0.25, 0.3) is 0 Å². The van der Waals surface area contributed by atoms with Crippen molar-refractivity contribution in [2.45, 2.75) is 270 Å². The molecule has 0 spiro atoms. The maximum Gasteiger partial charge on any atom is 0.306 e. The number of carbonyl (C=O) groups excluding carboxylic acids is 3. The average molecular weight is 1050 g/mol. The van der Waals surface area contributed by atoms with E-state index in [2.05, 4.69) is 98.9 Å². The number of carboxylic acid groups (broad SMARTS) is 1. The van der Waals surface area contributed by atoms with Gasteiger partial charge in [0.25, 0.3) is 0 Å². The van der Waals surface area contributed by atoms with E-state index in [9.17, 15) is 19.5 Å². The molecule has 0 saturated carbocycles. The Bertz CT molecular complexity index is 1500. The summed E-state index contributed by atoms with van der Waals surface area (Å²) in [5.74, 6) is -2.31. The molecule has 0 saturated heterocycles. The molecule has 9 heteroatoms. The van der Waals surface area contributed by atoms with E-state index in [0.29, 0.717) is 17.4 Å². The lowest BCUT2D eigenvalue weighted by molar-refractivity contribution is -0.870. The first-order chi connectivity index (χ1) is 36.6. The number of unbranched alkanes of at least 4 members (excludes halogenated alkanes) is 27. The summed E-state index contributed by atoms with van der Waals surface area (Å²) < 4.78 is 22.7. The lowest BCUT2D eigenvalue weighted by Gasteiger charge is -2.26. The monoisotopic (exact) mass is 1050 g/mol. The molecule has 0 rings (SSSR count). The SMILES string of the molecule is CC/C=C\C/C=C\C/C=C\C/C=C\C/C=C\CCCCCCCC(=O)OC(COC(=O)CCCCCCCCCCCCCCCCCCC/C=C\C/C=C\CCCCCCC)COC(OCC[N+](C)(C)C)C(=O)[O-]. The Labute approximate surface area is 461 Å². The molecule has 0 amide bonds. The van der Waals surface area contributed by atoms with Gasteiger partial charge < -0.3 is 33.3 Å². The number of carbonyl (C=O) groups is 3. The zero-order chi connectivity index (χ0) is 54.8. The zero-order valence-corrected chi connectivity index (χ0v) is 49.1. The second-order valence-electron chi connectivity index (χ2n) is 21.6. The van der Waals surface area contributed by atoms with E-state index in [1.807, 2.05) is 21.1 Å². The van der Waals surface area contributed by atoms with Crippen LogP contribution in [0.4, 0.5) is 0 Å². The molecule has 0 fully saturated rings. The van der Waals surface area contributed by atoms with Gasteiger partial charge >= 0.3 is 11.9 Å². The Morgan fingerprint density at radius 1 is 0.413 bits per heavy atom. The summed E-state index contributed by atoms with van der Waals surface area (Å²) in [4.78, 5) is 37.3. The Hall–Kier alpha value is -3.53. The Kier molecular flexibility index (Phi) is 54.0. The van der Waals surface area contributed by atoms with Crippen LogP contribution in [0.15, 0.2) is 85.1 Å². The third-order valence-corrected chi connectivity index (χ3v) is 13.1. The van der Waals surface area contributed by atoms with Crippen LogP contribution in [0, 0.1) is 0 Å². The summed E-state index contributed by atoms with van der Waals surface area (Å²) in [6.45, 7) is 4.61. The number of likely N-dealkylation sites (N-methyl/N-ethyl adjacent to an activating group) is 1. The van der Waals surface area contributed by atoms with Gasteiger partial charge in [0.1, 0.15) is 13.2 Å². The fourth-order valence-corrected chi connectivity index (χ4v) is 8.42. The third kappa shape index (κ3) is 58.0. The van der Waals surface area contributed by atoms with E-state index in [4.69, 9.17) is 18.9 Å². The van der Waals surface area contributed by atoms with E-state index in [1.165, 1.54) is 135 Å². The summed E-state index contributed by atoms with van der Waals surface area (Å²) >= 11 is 0. The normalized spacial score (nSPS) is 13.3. The van der Waals surface area contributed by atoms with Crippen LogP contribution in [-0.2, 0) is 33.3 Å². The number of ether oxygens (including phenoxy) is 4. The van der Waals surface area contributed by atoms with Gasteiger partial charge in [-0.1, -0.05) is 240 Å². The molecule has 0 aromatic carbocycles. The highest BCUT2D eigenvalue weighted by atomic mass is 16.7. The van der Waals surface area contributed by atoms with E-state index < -0.39 is 24.3 Å². The van der Waals surface area contributed by atoms with E-state index >= 15 is 0 Å². The Morgan fingerprint density at radius 2 is 0.760 bits per heavy atom. The number of esters is 2. The predicted molar refractivity (Wildman–Crippen MR) is 315 cm³/mol. The Morgan fingerprint density at radius 3 is 1.13 bits per heavy atom. The molecule has 0 bridgehead atoms. The van der Waals surface area contributed by atoms with Gasteiger partial charge in [-0.15, -0.1) is 0 Å². The number of hydrogen-bond donors (Lipinski definition) is 0. The molecule has 0 N–H and O–H groups in total. The molecule has 9 nitrogen and oxygen atoms in total. The summed E-state index contributed by atoms with van der Waals surface area (Å²) in [6.07, 6.45) is 72.1. The summed E-state index contributed by atoms with van der Waals surface area (Å²) in [6, 6.07) is 0. The molecular weight excluding hydrogens is 935 g/mol. The topological polar surface area (TPSA) is 111 Å². The van der Waals surface area contributed by atoms with Crippen LogP contribution in [-0.4, -0.2) is 82.3 Å². The minimum atomic E-state index is -1.63. The molecule has 432 valence electrons. The summed E-state index contributed by atoms with van der Waals surface area (Å²) in [5.41, 5.74) is 0. The number of quaternary nitrogens is 1. The van der Waals surface area contributed by atoms with Crippen LogP contribution >= 0.6 is 0 Å². The standard InChI is InChI=1S/C66H115NO8/c1-6-8-10-12-14-16-18-20-22-24-26-28-29-30-31-32-33-34-35-37-38-40-42-44-46-48-50-52-54-56-63(68)73-60-62(61-74-66(65(70)71)72-59-58-67(3,4)5)75-64(69)57-55-53-51-49-47-45-43-41-39-36-27-25-23-21-19-17-15-13-11-9-7-2/h9,11,15,17-18,20-21,23-24,26-27,36,41,43,62,66H,6-8,10,12-14,16,19,22,25,28-35,37-40,42,44-61H2,1-5H3/b11-9-,17-15-,20-18-,23-21-,26-24-,36-27-,43-41-. The first-order valence-electron chi connectivity index (χ1n) is 30.7. The molecule has 2 atom stereocenters. The highest BCUT2D eigenvalue weighted by molar-refractivity contribution is 5.70. The lowest BCUT2D eigenvalue weighted by Crippen LogP contribution is -2.44. The molecular formula is C66H115NO8. The number of allylic oxidation sites excluding steroid dienone is 14. The van der Waals surface area contributed by atoms with Crippen molar-refractivity contribution >= 4 is 17.9 Å². The highest BCUT2D eigenvalue weighted by Crippen LogP contribution is 2.16. The maximum atomic E-state index is 12.9. The molecule has 0 aliphatic heterocycles. The molecule has 0 aliphatic carbocycles. The quantitative estimate of drug-likeness (QED) is 0.0195. The highest BCUT2D eigenvalue weighted by Gasteiger charge is 2.22. The van der Waals surface area contributed by atoms with Crippen molar-refractivity contribution in [2.24, 2.45) is 0 Å². The molecule has 0 aliphatic rings. The molecule has 2 unspecified atom stereocenters. The van der Waals surface area contributed by atoms with Gasteiger partial charge in [0.15, 0.2) is 12.4 Å². The van der Waals surface area contributed by atoms with Gasteiger partial charge in [-0.2, -0.15) is 0 Å². The fourth-order valence-electron chi connectivity index (χ4n) is 8.42. The number of carboxylic acids is 1. The number of hydrogen-bond acceptors (Lipinski definition) is 8. The van der Waals surface area contributed by atoms with Crippen LogP contribution in [0.1, 0.15) is 258 Å². The average Bonchev–Trinajstić information content (AvgIpc) is 3.38. The van der Waals surface area contributed by atoms with Gasteiger partial charge in [-0.05, 0) is 89.9 Å². The van der Waals surface area contributed by atoms with Crippen molar-refractivity contribution < 1.29 is 42.9 Å². The van der Waals surface area contributed by atoms with Crippen molar-refractivity contribution in [3.05, 3.63) is 85.1 Å². The van der Waals surface area contributed by atoms with Crippen molar-refractivity contribution in [2.75, 3.05) is 47.5 Å². The van der Waals surface area contributed by atoms with Crippen LogP contribution in [0.3, 0.4) is 0 Å². The number of nitrogens with zero attached hydrogens (tertiary/aromatic N) is 1. The van der Waals surface area contributed by atoms with E-state index in [-0.39, 0.29) is 38.6 Å². The predicted octanol–water partition coefficient (Wildman–Crippen LogP) is 17.0. The number of aliphatic carboxylic acids is 1. The molecule has 75 heavy (non-hydrogen) atoms. The van der Waals surface area contributed by atoms with Crippen molar-refractivity contribution in [3.8, 4) is 0 Å². The minimum absolute atomic E-state index is 0.140. The third-order valence-electron chi connectivity index (χ3n) is 13.1. The van der Waals surface area contributed by atoms with Crippen LogP contribution < -0.4 is 5.11 Å². The van der Waals surface area contributed by atoms with Crippen LogP contribution in [0.5, 0.6) is 0 Å².